The van der Waals surface area contributed by atoms with Gasteiger partial charge in [-0.3, -0.25) is 0 Å². The largest absolute Gasteiger partial charge is 0.475 e. The van der Waals surface area contributed by atoms with Crippen LogP contribution in [0, 0.1) is 6.92 Å². The standard InChI is InChI=1S/C9H6ClNO3S/c1-4-7(9(12)13)14-8(11-4)5-2-3-6(10)15-5/h2-3H,1H3,(H,12,13). The van der Waals surface area contributed by atoms with E-state index in [-0.39, 0.29) is 5.76 Å². The molecule has 0 bridgehead atoms. The average molecular weight is 244 g/mol. The van der Waals surface area contributed by atoms with E-state index in [1.165, 1.54) is 11.3 Å². The van der Waals surface area contributed by atoms with E-state index < -0.39 is 5.97 Å². The first kappa shape index (κ1) is 10.2. The summed E-state index contributed by atoms with van der Waals surface area (Å²) in [6.07, 6.45) is 0. The van der Waals surface area contributed by atoms with Gasteiger partial charge in [0.2, 0.25) is 11.7 Å². The summed E-state index contributed by atoms with van der Waals surface area (Å²) in [4.78, 5) is 15.5. The van der Waals surface area contributed by atoms with Crippen LogP contribution in [0.25, 0.3) is 10.8 Å². The van der Waals surface area contributed by atoms with Crippen molar-refractivity contribution in [1.82, 2.24) is 4.98 Å². The number of rotatable bonds is 2. The van der Waals surface area contributed by atoms with E-state index in [1.807, 2.05) is 0 Å². The maximum Gasteiger partial charge on any atom is 0.373 e. The van der Waals surface area contributed by atoms with Crippen molar-refractivity contribution in [3.05, 3.63) is 27.9 Å². The van der Waals surface area contributed by atoms with Crippen molar-refractivity contribution in [2.24, 2.45) is 0 Å². The van der Waals surface area contributed by atoms with Crippen LogP contribution in [0.1, 0.15) is 16.2 Å². The number of hydrogen-bond donors (Lipinski definition) is 1. The maximum atomic E-state index is 10.7. The minimum atomic E-state index is -1.12. The number of aromatic nitrogens is 1. The molecule has 0 aliphatic heterocycles. The molecule has 0 unspecified atom stereocenters. The Balaban J connectivity index is 2.46. The zero-order valence-corrected chi connectivity index (χ0v) is 9.22. The fraction of sp³-hybridized carbons (Fsp3) is 0.111. The number of carboxylic acid groups (broad SMARTS) is 1. The Hall–Kier alpha value is -1.33. The van der Waals surface area contributed by atoms with Crippen LogP contribution < -0.4 is 0 Å². The molecule has 0 saturated heterocycles. The number of aromatic carboxylic acids is 1. The summed E-state index contributed by atoms with van der Waals surface area (Å²) in [7, 11) is 0. The molecule has 0 spiro atoms. The van der Waals surface area contributed by atoms with Gasteiger partial charge >= 0.3 is 5.97 Å². The predicted octanol–water partition coefficient (Wildman–Crippen LogP) is 3.06. The number of nitrogens with zero attached hydrogens (tertiary/aromatic N) is 1. The Kier molecular flexibility index (Phi) is 2.50. The molecular weight excluding hydrogens is 238 g/mol. The molecule has 2 rings (SSSR count). The average Bonchev–Trinajstić information content (AvgIpc) is 2.71. The highest BCUT2D eigenvalue weighted by atomic mass is 35.5. The van der Waals surface area contributed by atoms with Crippen LogP contribution in [0.5, 0.6) is 0 Å². The van der Waals surface area contributed by atoms with Crippen molar-refractivity contribution in [2.45, 2.75) is 6.92 Å². The molecule has 0 radical (unpaired) electrons. The zero-order chi connectivity index (χ0) is 11.0. The van der Waals surface area contributed by atoms with Gasteiger partial charge < -0.3 is 9.52 Å². The van der Waals surface area contributed by atoms with Gasteiger partial charge in [0.15, 0.2) is 0 Å². The second-order valence-electron chi connectivity index (χ2n) is 2.84. The van der Waals surface area contributed by atoms with E-state index in [4.69, 9.17) is 21.1 Å². The molecule has 0 aromatic carbocycles. The molecule has 0 fully saturated rings. The van der Waals surface area contributed by atoms with Crippen LogP contribution in [0.15, 0.2) is 16.5 Å². The molecule has 2 heterocycles. The third kappa shape index (κ3) is 1.88. The summed E-state index contributed by atoms with van der Waals surface area (Å²) >= 11 is 7.04. The van der Waals surface area contributed by atoms with Crippen molar-refractivity contribution in [2.75, 3.05) is 0 Å². The molecule has 0 amide bonds. The lowest BCUT2D eigenvalue weighted by Crippen LogP contribution is -1.95. The van der Waals surface area contributed by atoms with Crippen molar-refractivity contribution in [1.29, 1.82) is 0 Å². The van der Waals surface area contributed by atoms with E-state index >= 15 is 0 Å². The fourth-order valence-electron chi connectivity index (χ4n) is 1.13. The SMILES string of the molecule is Cc1nc(-c2ccc(Cl)s2)oc1C(=O)O. The Morgan fingerprint density at radius 2 is 2.33 bits per heavy atom. The molecular formula is C9H6ClNO3S. The van der Waals surface area contributed by atoms with Gasteiger partial charge in [0.25, 0.3) is 0 Å². The topological polar surface area (TPSA) is 63.3 Å². The van der Waals surface area contributed by atoms with Gasteiger partial charge in [-0.2, -0.15) is 0 Å². The summed E-state index contributed by atoms with van der Waals surface area (Å²) in [5.74, 6) is -0.953. The minimum absolute atomic E-state index is 0.130. The Morgan fingerprint density at radius 3 is 2.80 bits per heavy atom. The van der Waals surface area contributed by atoms with Crippen molar-refractivity contribution < 1.29 is 14.3 Å². The van der Waals surface area contributed by atoms with E-state index in [0.29, 0.717) is 15.9 Å². The van der Waals surface area contributed by atoms with Crippen LogP contribution in [0.4, 0.5) is 0 Å². The molecule has 2 aromatic heterocycles. The van der Waals surface area contributed by atoms with Gasteiger partial charge in [-0.25, -0.2) is 9.78 Å². The van der Waals surface area contributed by atoms with E-state index in [1.54, 1.807) is 19.1 Å². The third-order valence-electron chi connectivity index (χ3n) is 1.77. The van der Waals surface area contributed by atoms with Gasteiger partial charge in [0.05, 0.1) is 14.9 Å². The summed E-state index contributed by atoms with van der Waals surface area (Å²) < 4.78 is 5.73. The molecule has 78 valence electrons. The molecule has 2 aromatic rings. The number of oxazole rings is 1. The first-order chi connectivity index (χ1) is 7.08. The van der Waals surface area contributed by atoms with Crippen LogP contribution in [0.3, 0.4) is 0 Å². The number of carbonyl (C=O) groups is 1. The number of carboxylic acids is 1. The molecule has 0 saturated carbocycles. The summed E-state index contributed by atoms with van der Waals surface area (Å²) in [5, 5.41) is 8.77. The molecule has 0 aliphatic carbocycles. The highest BCUT2D eigenvalue weighted by Gasteiger charge is 2.17. The lowest BCUT2D eigenvalue weighted by molar-refractivity contribution is 0.0662. The van der Waals surface area contributed by atoms with E-state index in [0.717, 1.165) is 4.88 Å². The minimum Gasteiger partial charge on any atom is -0.475 e. The molecule has 15 heavy (non-hydrogen) atoms. The predicted molar refractivity (Wildman–Crippen MR) is 56.5 cm³/mol. The Labute approximate surface area is 94.1 Å². The maximum absolute atomic E-state index is 10.7. The number of hydrogen-bond acceptors (Lipinski definition) is 4. The first-order valence-electron chi connectivity index (χ1n) is 4.04. The lowest BCUT2D eigenvalue weighted by atomic mass is 10.4. The molecule has 0 atom stereocenters. The number of aryl methyl sites for hydroxylation is 1. The third-order valence-corrected chi connectivity index (χ3v) is 2.99. The lowest BCUT2D eigenvalue weighted by Gasteiger charge is -1.86. The van der Waals surface area contributed by atoms with Gasteiger partial charge in [0.1, 0.15) is 0 Å². The number of thiophene rings is 1. The van der Waals surface area contributed by atoms with Gasteiger partial charge in [-0.15, -0.1) is 11.3 Å². The number of halogens is 1. The highest BCUT2D eigenvalue weighted by Crippen LogP contribution is 2.31. The monoisotopic (exact) mass is 243 g/mol. The van der Waals surface area contributed by atoms with Crippen LogP contribution in [0.2, 0.25) is 4.34 Å². The van der Waals surface area contributed by atoms with E-state index in [9.17, 15) is 4.79 Å². The van der Waals surface area contributed by atoms with Gasteiger partial charge in [0, 0.05) is 0 Å². The summed E-state index contributed by atoms with van der Waals surface area (Å²) in [6, 6.07) is 3.45. The fourth-order valence-corrected chi connectivity index (χ4v) is 2.10. The van der Waals surface area contributed by atoms with Gasteiger partial charge in [-0.05, 0) is 19.1 Å². The summed E-state index contributed by atoms with van der Waals surface area (Å²) in [5.41, 5.74) is 0.363. The normalized spacial score (nSPS) is 10.5. The quantitative estimate of drug-likeness (QED) is 0.881. The Bertz CT molecular complexity index is 517. The first-order valence-corrected chi connectivity index (χ1v) is 5.24. The van der Waals surface area contributed by atoms with Crippen LogP contribution in [-0.4, -0.2) is 16.1 Å². The molecule has 6 heteroatoms. The van der Waals surface area contributed by atoms with Gasteiger partial charge in [-0.1, -0.05) is 11.6 Å². The van der Waals surface area contributed by atoms with Crippen LogP contribution in [-0.2, 0) is 0 Å². The van der Waals surface area contributed by atoms with Crippen molar-refractivity contribution in [3.63, 3.8) is 0 Å². The molecule has 0 aliphatic rings. The molecule has 4 nitrogen and oxygen atoms in total. The zero-order valence-electron chi connectivity index (χ0n) is 7.65. The van der Waals surface area contributed by atoms with Crippen LogP contribution >= 0.6 is 22.9 Å². The second kappa shape index (κ2) is 3.67. The van der Waals surface area contributed by atoms with Crippen molar-refractivity contribution >= 4 is 28.9 Å². The van der Waals surface area contributed by atoms with E-state index in [2.05, 4.69) is 4.98 Å². The molecule has 1 N–H and O–H groups in total. The Morgan fingerprint density at radius 1 is 1.60 bits per heavy atom. The summed E-state index contributed by atoms with van der Waals surface area (Å²) in [6.45, 7) is 1.59. The van der Waals surface area contributed by atoms with Crippen molar-refractivity contribution in [3.8, 4) is 10.8 Å². The highest BCUT2D eigenvalue weighted by molar-refractivity contribution is 7.19. The second-order valence-corrected chi connectivity index (χ2v) is 4.56. The smallest absolute Gasteiger partial charge is 0.373 e.